The zero-order valence-electron chi connectivity index (χ0n) is 15.6. The molecule has 1 unspecified atom stereocenters. The molecule has 1 atom stereocenters. The van der Waals surface area contributed by atoms with Gasteiger partial charge in [0.05, 0.1) is 13.2 Å². The summed E-state index contributed by atoms with van der Waals surface area (Å²) in [6.07, 6.45) is 0.305. The summed E-state index contributed by atoms with van der Waals surface area (Å²) in [5.74, 6) is 0.388. The van der Waals surface area contributed by atoms with Gasteiger partial charge in [-0.2, -0.15) is 0 Å². The van der Waals surface area contributed by atoms with Crippen molar-refractivity contribution in [1.82, 2.24) is 15.3 Å². The number of aliphatic hydroxyl groups is 1. The van der Waals surface area contributed by atoms with Crippen molar-refractivity contribution in [3.63, 3.8) is 0 Å². The minimum Gasteiger partial charge on any atom is -0.497 e. The molecule has 3 rings (SSSR count). The van der Waals surface area contributed by atoms with Crippen molar-refractivity contribution in [3.8, 4) is 17.1 Å². The molecule has 7 heteroatoms. The number of aryl methyl sites for hydroxylation is 1. The quantitative estimate of drug-likeness (QED) is 0.609. The largest absolute Gasteiger partial charge is 0.497 e. The fourth-order valence-electron chi connectivity index (χ4n) is 2.67. The second-order valence-electron chi connectivity index (χ2n) is 6.34. The zero-order chi connectivity index (χ0) is 20.1. The topological polar surface area (TPSA) is 104 Å². The molecule has 3 aromatic rings. The van der Waals surface area contributed by atoms with E-state index in [4.69, 9.17) is 4.74 Å². The Morgan fingerprint density at radius 2 is 2.00 bits per heavy atom. The Morgan fingerprint density at radius 3 is 2.68 bits per heavy atom. The first-order valence-electron chi connectivity index (χ1n) is 8.74. The number of aromatic nitrogens is 2. The summed E-state index contributed by atoms with van der Waals surface area (Å²) in [6.45, 7) is 1.92. The molecule has 0 fully saturated rings. The van der Waals surface area contributed by atoms with E-state index in [2.05, 4.69) is 15.3 Å². The maximum atomic E-state index is 12.3. The first-order valence-corrected chi connectivity index (χ1v) is 8.74. The third-order valence-electron chi connectivity index (χ3n) is 4.30. The predicted molar refractivity (Wildman–Crippen MR) is 105 cm³/mol. The minimum absolute atomic E-state index is 0.0504. The number of ether oxygens (including phenoxy) is 1. The number of carbonyl (C=O) groups is 1. The number of nitrogens with one attached hydrogen (secondary N) is 2. The Kier molecular flexibility index (Phi) is 5.86. The Balaban J connectivity index is 1.68. The Hall–Kier alpha value is -3.45. The maximum Gasteiger partial charge on any atom is 0.264 e. The lowest BCUT2D eigenvalue weighted by atomic mass is 10.1. The van der Waals surface area contributed by atoms with Crippen LogP contribution in [0.15, 0.2) is 59.5 Å². The van der Waals surface area contributed by atoms with Gasteiger partial charge in [-0.15, -0.1) is 0 Å². The molecule has 0 bridgehead atoms. The van der Waals surface area contributed by atoms with Crippen LogP contribution in [0.4, 0.5) is 0 Å². The molecule has 0 aliphatic heterocycles. The highest BCUT2D eigenvalue weighted by atomic mass is 16.5. The summed E-state index contributed by atoms with van der Waals surface area (Å²) in [5.41, 5.74) is 1.79. The molecule has 1 heterocycles. The fourth-order valence-corrected chi connectivity index (χ4v) is 2.67. The van der Waals surface area contributed by atoms with Crippen LogP contribution in [-0.4, -0.2) is 34.6 Å². The van der Waals surface area contributed by atoms with Crippen LogP contribution in [0.3, 0.4) is 0 Å². The number of aliphatic hydroxyl groups excluding tert-OH is 1. The molecular formula is C21H21N3O4. The number of methoxy groups -OCH3 is 1. The number of benzene rings is 2. The van der Waals surface area contributed by atoms with Crippen molar-refractivity contribution in [2.24, 2.45) is 0 Å². The zero-order valence-corrected chi connectivity index (χ0v) is 15.6. The highest BCUT2D eigenvalue weighted by molar-refractivity contribution is 5.93. The van der Waals surface area contributed by atoms with Gasteiger partial charge < -0.3 is 20.1 Å². The first-order chi connectivity index (χ1) is 13.5. The standard InChI is InChI=1S/C21H21N3O4/c1-13-6-8-14(9-7-13)19-22-11-17(21(27)24-19)20(26)23-12-18(25)15-4-3-5-16(10-15)28-2/h3-11,18,25H,12H2,1-2H3,(H,23,26)(H,22,24,27). The van der Waals surface area contributed by atoms with Crippen LogP contribution in [0, 0.1) is 6.92 Å². The molecule has 3 N–H and O–H groups in total. The third kappa shape index (κ3) is 4.44. The molecule has 0 aliphatic rings. The van der Waals surface area contributed by atoms with Gasteiger partial charge in [0.1, 0.15) is 17.1 Å². The molecular weight excluding hydrogens is 358 g/mol. The van der Waals surface area contributed by atoms with E-state index in [0.29, 0.717) is 17.1 Å². The van der Waals surface area contributed by atoms with Crippen LogP contribution in [0.1, 0.15) is 27.6 Å². The molecule has 0 aliphatic carbocycles. The molecule has 144 valence electrons. The fraction of sp³-hybridized carbons (Fsp3) is 0.190. The van der Waals surface area contributed by atoms with E-state index in [9.17, 15) is 14.7 Å². The summed E-state index contributed by atoms with van der Waals surface area (Å²) in [6, 6.07) is 14.4. The number of carbonyl (C=O) groups excluding carboxylic acids is 1. The highest BCUT2D eigenvalue weighted by Gasteiger charge is 2.15. The van der Waals surface area contributed by atoms with Gasteiger partial charge in [-0.1, -0.05) is 42.0 Å². The van der Waals surface area contributed by atoms with Crippen LogP contribution in [0.25, 0.3) is 11.4 Å². The summed E-state index contributed by atoms with van der Waals surface area (Å²) < 4.78 is 5.12. The lowest BCUT2D eigenvalue weighted by Crippen LogP contribution is -2.33. The molecule has 1 aromatic heterocycles. The number of aromatic amines is 1. The average Bonchev–Trinajstić information content (AvgIpc) is 2.72. The van der Waals surface area contributed by atoms with Crippen molar-refractivity contribution in [2.75, 3.05) is 13.7 Å². The lowest BCUT2D eigenvalue weighted by Gasteiger charge is -2.13. The highest BCUT2D eigenvalue weighted by Crippen LogP contribution is 2.18. The van der Waals surface area contributed by atoms with E-state index in [-0.39, 0.29) is 12.1 Å². The molecule has 2 aromatic carbocycles. The predicted octanol–water partition coefficient (Wildman–Crippen LogP) is 2.22. The van der Waals surface area contributed by atoms with Crippen LogP contribution in [-0.2, 0) is 0 Å². The van der Waals surface area contributed by atoms with Crippen molar-refractivity contribution >= 4 is 5.91 Å². The number of nitrogens with zero attached hydrogens (tertiary/aromatic N) is 1. The second-order valence-corrected chi connectivity index (χ2v) is 6.34. The lowest BCUT2D eigenvalue weighted by molar-refractivity contribution is 0.0914. The van der Waals surface area contributed by atoms with Gasteiger partial charge in [0.2, 0.25) is 0 Å². The number of hydrogen-bond acceptors (Lipinski definition) is 5. The van der Waals surface area contributed by atoms with Crippen molar-refractivity contribution in [3.05, 3.63) is 81.8 Å². The van der Waals surface area contributed by atoms with Crippen molar-refractivity contribution < 1.29 is 14.6 Å². The molecule has 1 amide bonds. The normalized spacial score (nSPS) is 11.7. The SMILES string of the molecule is COc1cccc(C(O)CNC(=O)c2cnc(-c3ccc(C)cc3)[nH]c2=O)c1. The molecule has 0 radical (unpaired) electrons. The molecule has 0 spiro atoms. The van der Waals surface area contributed by atoms with Crippen LogP contribution in [0.5, 0.6) is 5.75 Å². The van der Waals surface area contributed by atoms with Crippen LogP contribution in [0.2, 0.25) is 0 Å². The summed E-state index contributed by atoms with van der Waals surface area (Å²) in [4.78, 5) is 31.4. The van der Waals surface area contributed by atoms with Gasteiger partial charge in [-0.05, 0) is 24.6 Å². The van der Waals surface area contributed by atoms with Crippen molar-refractivity contribution in [1.29, 1.82) is 0 Å². The molecule has 28 heavy (non-hydrogen) atoms. The summed E-state index contributed by atoms with van der Waals surface area (Å²) in [5, 5.41) is 12.8. The van der Waals surface area contributed by atoms with Gasteiger partial charge in [0, 0.05) is 18.3 Å². The van der Waals surface area contributed by atoms with Crippen molar-refractivity contribution in [2.45, 2.75) is 13.0 Å². The van der Waals surface area contributed by atoms with Crippen LogP contribution >= 0.6 is 0 Å². The maximum absolute atomic E-state index is 12.3. The Bertz CT molecular complexity index is 1030. The van der Waals surface area contributed by atoms with Gasteiger partial charge >= 0.3 is 0 Å². The van der Waals surface area contributed by atoms with Gasteiger partial charge in [-0.3, -0.25) is 9.59 Å². The molecule has 7 nitrogen and oxygen atoms in total. The minimum atomic E-state index is -0.932. The average molecular weight is 379 g/mol. The molecule has 0 saturated heterocycles. The number of hydrogen-bond donors (Lipinski definition) is 3. The van der Waals surface area contributed by atoms with Crippen LogP contribution < -0.4 is 15.6 Å². The monoisotopic (exact) mass is 379 g/mol. The van der Waals surface area contributed by atoms with Gasteiger partial charge in [-0.25, -0.2) is 4.98 Å². The summed E-state index contributed by atoms with van der Waals surface area (Å²) in [7, 11) is 1.53. The van der Waals surface area contributed by atoms with Gasteiger partial charge in [0.25, 0.3) is 11.5 Å². The number of H-pyrrole nitrogens is 1. The first kappa shape index (κ1) is 19.3. The van der Waals surface area contributed by atoms with Gasteiger partial charge in [0.15, 0.2) is 0 Å². The van der Waals surface area contributed by atoms with E-state index >= 15 is 0 Å². The van der Waals surface area contributed by atoms with E-state index in [1.807, 2.05) is 31.2 Å². The second kappa shape index (κ2) is 8.49. The number of amides is 1. The van der Waals surface area contributed by atoms with E-state index < -0.39 is 17.6 Å². The third-order valence-corrected chi connectivity index (χ3v) is 4.30. The molecule has 0 saturated carbocycles. The van der Waals surface area contributed by atoms with E-state index in [1.54, 1.807) is 24.3 Å². The summed E-state index contributed by atoms with van der Waals surface area (Å²) >= 11 is 0. The van der Waals surface area contributed by atoms with E-state index in [1.165, 1.54) is 13.3 Å². The van der Waals surface area contributed by atoms with E-state index in [0.717, 1.165) is 11.1 Å². The number of rotatable bonds is 6. The Morgan fingerprint density at radius 1 is 1.25 bits per heavy atom. The Labute approximate surface area is 162 Å². The smallest absolute Gasteiger partial charge is 0.264 e.